The van der Waals surface area contributed by atoms with Crippen molar-refractivity contribution < 1.29 is 9.53 Å². The molecular weight excluding hydrogens is 317 g/mol. The van der Waals surface area contributed by atoms with Crippen molar-refractivity contribution in [1.29, 1.82) is 0 Å². The third-order valence-corrected chi connectivity index (χ3v) is 3.05. The fourth-order valence-corrected chi connectivity index (χ4v) is 2.04. The van der Waals surface area contributed by atoms with Gasteiger partial charge in [0.1, 0.15) is 11.5 Å². The first-order valence-electron chi connectivity index (χ1n) is 5.25. The summed E-state index contributed by atoms with van der Waals surface area (Å²) in [6.07, 6.45) is 0.713. The molecule has 0 unspecified atom stereocenters. The summed E-state index contributed by atoms with van der Waals surface area (Å²) < 4.78 is 8.33. The Balaban J connectivity index is 2.63. The van der Waals surface area contributed by atoms with Crippen molar-refractivity contribution in [3.8, 4) is 5.75 Å². The van der Waals surface area contributed by atoms with E-state index in [1.165, 1.54) is 0 Å². The van der Waals surface area contributed by atoms with E-state index in [-0.39, 0.29) is 11.8 Å². The van der Waals surface area contributed by atoms with Crippen LogP contribution in [-0.2, 0) is 11.2 Å². The van der Waals surface area contributed by atoms with E-state index in [4.69, 9.17) is 4.74 Å². The first-order valence-corrected chi connectivity index (χ1v) is 6.33. The lowest BCUT2D eigenvalue weighted by Gasteiger charge is -2.11. The maximum absolute atomic E-state index is 11.3. The summed E-state index contributed by atoms with van der Waals surface area (Å²) in [4.78, 5) is 11.3. The molecule has 0 aliphatic heterocycles. The molecule has 0 saturated heterocycles. The largest absolute Gasteiger partial charge is 0.494 e. The van der Waals surface area contributed by atoms with Gasteiger partial charge in [0.2, 0.25) is 0 Å². The van der Waals surface area contributed by atoms with E-state index in [1.807, 2.05) is 54.1 Å². The summed E-state index contributed by atoms with van der Waals surface area (Å²) in [5, 5.41) is 0. The Morgan fingerprint density at radius 3 is 2.50 bits per heavy atom. The van der Waals surface area contributed by atoms with Crippen molar-refractivity contribution in [3.05, 3.63) is 29.8 Å². The van der Waals surface area contributed by atoms with E-state index in [0.29, 0.717) is 13.0 Å². The van der Waals surface area contributed by atoms with Gasteiger partial charge < -0.3 is 4.74 Å². The third kappa shape index (κ3) is 4.09. The number of nitrogens with one attached hydrogen (secondary N) is 1. The Labute approximate surface area is 110 Å². The van der Waals surface area contributed by atoms with E-state index < -0.39 is 0 Å². The smallest absolute Gasteiger partial charge is 0.147 e. The number of ketones is 1. The molecule has 1 aromatic carbocycles. The molecule has 0 aliphatic carbocycles. The number of carbonyl (C=O) groups excluding carboxylic acids is 1. The molecule has 88 valence electrons. The number of Topliss-reactive ketones (excluding diaryl/α,β-unsaturated/α-hetero) is 1. The van der Waals surface area contributed by atoms with Gasteiger partial charge in [-0.05, 0) is 38.0 Å². The van der Waals surface area contributed by atoms with Crippen LogP contribution in [0.1, 0.15) is 19.4 Å². The molecule has 0 aliphatic rings. The van der Waals surface area contributed by atoms with Gasteiger partial charge in [0.25, 0.3) is 0 Å². The molecule has 0 radical (unpaired) electrons. The average molecular weight is 333 g/mol. The van der Waals surface area contributed by atoms with Gasteiger partial charge in [0.15, 0.2) is 0 Å². The molecule has 0 amide bonds. The molecule has 1 aromatic rings. The Hall–Kier alpha value is -0.620. The molecule has 0 heterocycles. The normalized spacial score (nSPS) is 12.2. The Bertz CT molecular complexity index is 337. The minimum absolute atomic E-state index is 0.112. The van der Waals surface area contributed by atoms with Crippen molar-refractivity contribution >= 4 is 28.6 Å². The van der Waals surface area contributed by atoms with Gasteiger partial charge in [-0.1, -0.05) is 12.1 Å². The first-order chi connectivity index (χ1) is 7.67. The zero-order valence-corrected chi connectivity index (χ0v) is 11.7. The summed E-state index contributed by atoms with van der Waals surface area (Å²) in [5.74, 6) is 1.02. The number of benzene rings is 1. The zero-order chi connectivity index (χ0) is 12.0. The Morgan fingerprint density at radius 2 is 2.06 bits per heavy atom. The minimum atomic E-state index is -0.112. The molecule has 3 nitrogen and oxygen atoms in total. The van der Waals surface area contributed by atoms with Crippen LogP contribution in [0.3, 0.4) is 0 Å². The highest BCUT2D eigenvalue weighted by atomic mass is 127. The second-order valence-electron chi connectivity index (χ2n) is 3.55. The quantitative estimate of drug-likeness (QED) is 0.642. The lowest BCUT2D eigenvalue weighted by atomic mass is 10.0. The second-order valence-corrected chi connectivity index (χ2v) is 4.18. The van der Waals surface area contributed by atoms with Crippen LogP contribution in [0.4, 0.5) is 0 Å². The molecule has 16 heavy (non-hydrogen) atoms. The zero-order valence-electron chi connectivity index (χ0n) is 9.50. The highest BCUT2D eigenvalue weighted by Crippen LogP contribution is 2.13. The lowest BCUT2D eigenvalue weighted by Crippen LogP contribution is -2.30. The van der Waals surface area contributed by atoms with Gasteiger partial charge in [-0.2, -0.15) is 0 Å². The molecule has 0 spiro atoms. The standard InChI is InChI=1S/C12H16INO2/c1-3-16-11-6-4-10(5-7-11)8-12(14-13)9(2)15/h4-7,12,14H,3,8H2,1-2H3/t12-/m0/s1. The molecule has 1 N–H and O–H groups in total. The van der Waals surface area contributed by atoms with Gasteiger partial charge in [0.05, 0.1) is 12.6 Å². The van der Waals surface area contributed by atoms with E-state index >= 15 is 0 Å². The van der Waals surface area contributed by atoms with E-state index in [9.17, 15) is 4.79 Å². The molecule has 0 aromatic heterocycles. The van der Waals surface area contributed by atoms with Gasteiger partial charge >= 0.3 is 0 Å². The van der Waals surface area contributed by atoms with E-state index in [0.717, 1.165) is 11.3 Å². The van der Waals surface area contributed by atoms with Gasteiger partial charge in [-0.15, -0.1) is 0 Å². The molecule has 0 fully saturated rings. The molecule has 4 heteroatoms. The molecule has 1 atom stereocenters. The number of rotatable bonds is 6. The average Bonchev–Trinajstić information content (AvgIpc) is 2.28. The van der Waals surface area contributed by atoms with Gasteiger partial charge in [-0.3, -0.25) is 8.32 Å². The molecule has 0 bridgehead atoms. The molecule has 0 saturated carbocycles. The van der Waals surface area contributed by atoms with Crippen LogP contribution < -0.4 is 8.27 Å². The minimum Gasteiger partial charge on any atom is -0.494 e. The van der Waals surface area contributed by atoms with Crippen LogP contribution in [-0.4, -0.2) is 18.4 Å². The number of hydrogen-bond donors (Lipinski definition) is 1. The molecule has 1 rings (SSSR count). The topological polar surface area (TPSA) is 38.3 Å². The van der Waals surface area contributed by atoms with Crippen molar-refractivity contribution in [2.24, 2.45) is 0 Å². The number of halogens is 1. The maximum atomic E-state index is 11.3. The predicted octanol–water partition coefficient (Wildman–Crippen LogP) is 2.53. The van der Waals surface area contributed by atoms with Crippen LogP contribution in [0.2, 0.25) is 0 Å². The van der Waals surface area contributed by atoms with Crippen LogP contribution >= 0.6 is 22.9 Å². The predicted molar refractivity (Wildman–Crippen MR) is 72.9 cm³/mol. The molecular formula is C12H16INO2. The fourth-order valence-electron chi connectivity index (χ4n) is 1.38. The van der Waals surface area contributed by atoms with Gasteiger partial charge in [0, 0.05) is 22.9 Å². The number of carbonyl (C=O) groups is 1. The summed E-state index contributed by atoms with van der Waals surface area (Å²) in [6, 6.07) is 7.74. The summed E-state index contributed by atoms with van der Waals surface area (Å²) >= 11 is 2.02. The van der Waals surface area contributed by atoms with Crippen LogP contribution in [0.25, 0.3) is 0 Å². The number of hydrogen-bond acceptors (Lipinski definition) is 3. The van der Waals surface area contributed by atoms with Crippen molar-refractivity contribution in [1.82, 2.24) is 3.53 Å². The maximum Gasteiger partial charge on any atom is 0.147 e. The highest BCUT2D eigenvalue weighted by Gasteiger charge is 2.12. The summed E-state index contributed by atoms with van der Waals surface area (Å²) in [6.45, 7) is 4.23. The SMILES string of the molecule is CCOc1ccc(C[C@H](NI)C(C)=O)cc1. The fraction of sp³-hybridized carbons (Fsp3) is 0.417. The van der Waals surface area contributed by atoms with E-state index in [1.54, 1.807) is 6.92 Å². The second kappa shape index (κ2) is 6.85. The Kier molecular flexibility index (Phi) is 5.76. The van der Waals surface area contributed by atoms with E-state index in [2.05, 4.69) is 3.53 Å². The number of ether oxygens (including phenoxy) is 1. The Morgan fingerprint density at radius 1 is 1.44 bits per heavy atom. The third-order valence-electron chi connectivity index (χ3n) is 2.30. The summed E-state index contributed by atoms with van der Waals surface area (Å²) in [5.41, 5.74) is 1.13. The van der Waals surface area contributed by atoms with Crippen LogP contribution in [0, 0.1) is 0 Å². The van der Waals surface area contributed by atoms with Crippen molar-refractivity contribution in [2.45, 2.75) is 26.3 Å². The van der Waals surface area contributed by atoms with Crippen LogP contribution in [0.15, 0.2) is 24.3 Å². The summed E-state index contributed by atoms with van der Waals surface area (Å²) in [7, 11) is 0. The lowest BCUT2D eigenvalue weighted by molar-refractivity contribution is -0.118. The van der Waals surface area contributed by atoms with Gasteiger partial charge in [-0.25, -0.2) is 0 Å². The van der Waals surface area contributed by atoms with Crippen molar-refractivity contribution in [2.75, 3.05) is 6.61 Å². The monoisotopic (exact) mass is 333 g/mol. The van der Waals surface area contributed by atoms with Crippen molar-refractivity contribution in [3.63, 3.8) is 0 Å². The first kappa shape index (κ1) is 13.4. The van der Waals surface area contributed by atoms with Crippen LogP contribution in [0.5, 0.6) is 5.75 Å². The highest BCUT2D eigenvalue weighted by molar-refractivity contribution is 14.1.